The molecule has 134 valence electrons. The van der Waals surface area contributed by atoms with E-state index in [1.807, 2.05) is 0 Å². The third-order valence-corrected chi connectivity index (χ3v) is 3.71. The van der Waals surface area contributed by atoms with Gasteiger partial charge < -0.3 is 19.7 Å². The molecule has 25 heavy (non-hydrogen) atoms. The fourth-order valence-electron chi connectivity index (χ4n) is 2.10. The number of hydrogen-bond donors (Lipinski definition) is 2. The zero-order valence-electron chi connectivity index (χ0n) is 13.8. The first-order valence-corrected chi connectivity index (χ1v) is 7.84. The van der Waals surface area contributed by atoms with Crippen molar-refractivity contribution in [3.8, 4) is 11.4 Å². The number of aryl methyl sites for hydroxylation is 1. The van der Waals surface area contributed by atoms with Crippen molar-refractivity contribution in [2.24, 2.45) is 0 Å². The van der Waals surface area contributed by atoms with E-state index < -0.39 is 17.4 Å². The van der Waals surface area contributed by atoms with Crippen LogP contribution in [0.1, 0.15) is 19.2 Å². The number of carbonyl (C=O) groups excluding carboxylic acids is 1. The van der Waals surface area contributed by atoms with Crippen molar-refractivity contribution in [3.63, 3.8) is 0 Å². The molecule has 1 aromatic heterocycles. The normalized spacial score (nSPS) is 13.2. The largest absolute Gasteiger partial charge is 0.479 e. The molecule has 1 unspecified atom stereocenters. The van der Waals surface area contributed by atoms with E-state index in [-0.39, 0.29) is 25.3 Å². The van der Waals surface area contributed by atoms with Gasteiger partial charge in [-0.15, -0.1) is 0 Å². The standard InChI is InChI=1S/C16H18ClN3O5/c1-16(9-24-2,15(22)23)19-12(21)7-8-13-18-14(20-25-13)10-3-5-11(17)6-4-10/h3-6H,7-9H2,1-2H3,(H,19,21)(H,22,23). The van der Waals surface area contributed by atoms with Gasteiger partial charge in [0.1, 0.15) is 0 Å². The highest BCUT2D eigenvalue weighted by atomic mass is 35.5. The van der Waals surface area contributed by atoms with Crippen LogP contribution in [0.4, 0.5) is 0 Å². The van der Waals surface area contributed by atoms with Crippen molar-refractivity contribution >= 4 is 23.5 Å². The Kier molecular flexibility index (Phi) is 6.11. The molecule has 8 nitrogen and oxygen atoms in total. The number of carbonyl (C=O) groups is 2. The molecule has 1 heterocycles. The second-order valence-electron chi connectivity index (χ2n) is 5.64. The molecule has 0 saturated heterocycles. The maximum Gasteiger partial charge on any atom is 0.331 e. The van der Waals surface area contributed by atoms with Crippen LogP contribution in [0.3, 0.4) is 0 Å². The Balaban J connectivity index is 1.94. The quantitative estimate of drug-likeness (QED) is 0.732. The van der Waals surface area contributed by atoms with Crippen LogP contribution in [0.15, 0.2) is 28.8 Å². The topological polar surface area (TPSA) is 115 Å². The van der Waals surface area contributed by atoms with Crippen LogP contribution >= 0.6 is 11.6 Å². The molecule has 0 aliphatic carbocycles. The summed E-state index contributed by atoms with van der Waals surface area (Å²) in [5, 5.41) is 16.1. The molecular formula is C16H18ClN3O5. The average Bonchev–Trinajstić information content (AvgIpc) is 3.02. The highest BCUT2D eigenvalue weighted by Gasteiger charge is 2.34. The van der Waals surface area contributed by atoms with Gasteiger partial charge in [-0.1, -0.05) is 16.8 Å². The Morgan fingerprint density at radius 2 is 2.04 bits per heavy atom. The number of benzene rings is 1. The summed E-state index contributed by atoms with van der Waals surface area (Å²) in [6.45, 7) is 1.23. The third-order valence-electron chi connectivity index (χ3n) is 3.46. The van der Waals surface area contributed by atoms with Crippen molar-refractivity contribution in [3.05, 3.63) is 35.2 Å². The fraction of sp³-hybridized carbons (Fsp3) is 0.375. The van der Waals surface area contributed by atoms with E-state index in [1.165, 1.54) is 14.0 Å². The summed E-state index contributed by atoms with van der Waals surface area (Å²) in [4.78, 5) is 27.5. The Hall–Kier alpha value is -2.45. The van der Waals surface area contributed by atoms with Gasteiger partial charge in [0.15, 0.2) is 5.54 Å². The smallest absolute Gasteiger partial charge is 0.331 e. The minimum atomic E-state index is -1.49. The van der Waals surface area contributed by atoms with Gasteiger partial charge in [-0.05, 0) is 31.2 Å². The lowest BCUT2D eigenvalue weighted by molar-refractivity contribution is -0.149. The molecule has 0 spiro atoms. The highest BCUT2D eigenvalue weighted by molar-refractivity contribution is 6.30. The SMILES string of the molecule is COCC(C)(NC(=O)CCc1nc(-c2ccc(Cl)cc2)no1)C(=O)O. The van der Waals surface area contributed by atoms with E-state index >= 15 is 0 Å². The van der Waals surface area contributed by atoms with E-state index in [0.29, 0.717) is 10.8 Å². The van der Waals surface area contributed by atoms with Gasteiger partial charge >= 0.3 is 5.97 Å². The summed E-state index contributed by atoms with van der Waals surface area (Å²) in [5.41, 5.74) is -0.753. The first kappa shape index (κ1) is 18.9. The number of hydrogen-bond acceptors (Lipinski definition) is 6. The fourth-order valence-corrected chi connectivity index (χ4v) is 2.23. The Labute approximate surface area is 149 Å². The summed E-state index contributed by atoms with van der Waals surface area (Å²) in [6.07, 6.45) is 0.198. The molecule has 0 bridgehead atoms. The van der Waals surface area contributed by atoms with E-state index in [1.54, 1.807) is 24.3 Å². The van der Waals surface area contributed by atoms with Crippen LogP contribution in [0.2, 0.25) is 5.02 Å². The Morgan fingerprint density at radius 3 is 2.64 bits per heavy atom. The predicted molar refractivity (Wildman–Crippen MR) is 89.1 cm³/mol. The highest BCUT2D eigenvalue weighted by Crippen LogP contribution is 2.19. The Bertz CT molecular complexity index is 746. The lowest BCUT2D eigenvalue weighted by atomic mass is 10.0. The molecule has 1 atom stereocenters. The molecular weight excluding hydrogens is 350 g/mol. The number of nitrogens with zero attached hydrogens (tertiary/aromatic N) is 2. The van der Waals surface area contributed by atoms with E-state index in [2.05, 4.69) is 15.5 Å². The summed E-state index contributed by atoms with van der Waals surface area (Å²) in [7, 11) is 1.37. The van der Waals surface area contributed by atoms with Gasteiger partial charge in [-0.2, -0.15) is 4.98 Å². The summed E-state index contributed by atoms with van der Waals surface area (Å²) < 4.78 is 9.96. The number of aliphatic carboxylic acids is 1. The minimum Gasteiger partial charge on any atom is -0.479 e. The summed E-state index contributed by atoms with van der Waals surface area (Å²) in [6, 6.07) is 6.94. The lowest BCUT2D eigenvalue weighted by Crippen LogP contribution is -2.55. The number of ether oxygens (including phenoxy) is 1. The van der Waals surface area contributed by atoms with Gasteiger partial charge in [-0.25, -0.2) is 4.79 Å². The maximum atomic E-state index is 12.0. The number of rotatable bonds is 8. The molecule has 2 rings (SSSR count). The van der Waals surface area contributed by atoms with Crippen LogP contribution < -0.4 is 5.32 Å². The number of amides is 1. The maximum absolute atomic E-state index is 12.0. The van der Waals surface area contributed by atoms with Crippen LogP contribution in [-0.4, -0.2) is 46.4 Å². The average molecular weight is 368 g/mol. The van der Waals surface area contributed by atoms with E-state index in [0.717, 1.165) is 5.56 Å². The first-order chi connectivity index (χ1) is 11.8. The summed E-state index contributed by atoms with van der Waals surface area (Å²) >= 11 is 5.83. The van der Waals surface area contributed by atoms with Crippen molar-refractivity contribution in [1.29, 1.82) is 0 Å². The van der Waals surface area contributed by atoms with Crippen molar-refractivity contribution < 1.29 is 24.0 Å². The van der Waals surface area contributed by atoms with E-state index in [9.17, 15) is 14.7 Å². The summed E-state index contributed by atoms with van der Waals surface area (Å²) in [5.74, 6) is -0.954. The van der Waals surface area contributed by atoms with Crippen LogP contribution in [-0.2, 0) is 20.7 Å². The van der Waals surface area contributed by atoms with Crippen LogP contribution in [0.5, 0.6) is 0 Å². The van der Waals surface area contributed by atoms with Crippen molar-refractivity contribution in [2.45, 2.75) is 25.3 Å². The van der Waals surface area contributed by atoms with E-state index in [4.69, 9.17) is 20.9 Å². The van der Waals surface area contributed by atoms with Gasteiger partial charge in [0.2, 0.25) is 17.6 Å². The van der Waals surface area contributed by atoms with Gasteiger partial charge in [0, 0.05) is 30.5 Å². The van der Waals surface area contributed by atoms with Gasteiger partial charge in [0.05, 0.1) is 6.61 Å². The molecule has 0 fully saturated rings. The number of carboxylic acid groups (broad SMARTS) is 1. The minimum absolute atomic E-state index is 0.00877. The first-order valence-electron chi connectivity index (χ1n) is 7.46. The van der Waals surface area contributed by atoms with Crippen LogP contribution in [0, 0.1) is 0 Å². The predicted octanol–water partition coefficient (Wildman–Crippen LogP) is 1.93. The molecule has 0 saturated carbocycles. The number of methoxy groups -OCH3 is 1. The second-order valence-corrected chi connectivity index (χ2v) is 6.07. The van der Waals surface area contributed by atoms with Crippen molar-refractivity contribution in [1.82, 2.24) is 15.5 Å². The van der Waals surface area contributed by atoms with Gasteiger partial charge in [-0.3, -0.25) is 4.79 Å². The number of halogens is 1. The molecule has 0 aliphatic heterocycles. The Morgan fingerprint density at radius 1 is 1.36 bits per heavy atom. The molecule has 2 N–H and O–H groups in total. The number of carboxylic acids is 1. The third kappa shape index (κ3) is 5.01. The van der Waals surface area contributed by atoms with Crippen LogP contribution in [0.25, 0.3) is 11.4 Å². The van der Waals surface area contributed by atoms with Crippen molar-refractivity contribution in [2.75, 3.05) is 13.7 Å². The molecule has 1 amide bonds. The molecule has 9 heteroatoms. The monoisotopic (exact) mass is 367 g/mol. The molecule has 2 aromatic rings. The van der Waals surface area contributed by atoms with Gasteiger partial charge in [0.25, 0.3) is 0 Å². The lowest BCUT2D eigenvalue weighted by Gasteiger charge is -2.25. The zero-order chi connectivity index (χ0) is 18.4. The molecule has 0 aliphatic rings. The molecule has 1 aromatic carbocycles. The number of aromatic nitrogens is 2. The molecule has 0 radical (unpaired) electrons. The number of nitrogens with one attached hydrogen (secondary N) is 1. The second kappa shape index (κ2) is 8.09. The zero-order valence-corrected chi connectivity index (χ0v) is 14.5.